The van der Waals surface area contributed by atoms with Crippen LogP contribution in [-0.2, 0) is 0 Å². The van der Waals surface area contributed by atoms with Gasteiger partial charge in [-0.05, 0) is 30.2 Å². The number of carbonyl (C=O) groups is 1. The van der Waals surface area contributed by atoms with Crippen LogP contribution in [0.25, 0.3) is 5.65 Å². The van der Waals surface area contributed by atoms with Crippen molar-refractivity contribution in [1.82, 2.24) is 24.4 Å². The van der Waals surface area contributed by atoms with E-state index >= 15 is 0 Å². The summed E-state index contributed by atoms with van der Waals surface area (Å²) in [7, 11) is 0. The minimum Gasteiger partial charge on any atom is -0.336 e. The molecule has 4 aromatic rings. The molecule has 0 spiro atoms. The van der Waals surface area contributed by atoms with Gasteiger partial charge >= 0.3 is 0 Å². The molecule has 2 aromatic carbocycles. The molecule has 1 saturated heterocycles. The van der Waals surface area contributed by atoms with Crippen molar-refractivity contribution in [2.45, 2.75) is 13.0 Å². The predicted molar refractivity (Wildman–Crippen MR) is 120 cm³/mol. The molecular weight excluding hydrogens is 386 g/mol. The molecule has 1 aliphatic rings. The summed E-state index contributed by atoms with van der Waals surface area (Å²) in [5.41, 5.74) is 3.92. The third-order valence-electron chi connectivity index (χ3n) is 6.02. The van der Waals surface area contributed by atoms with E-state index in [4.69, 9.17) is 0 Å². The molecule has 0 unspecified atom stereocenters. The number of hydrogen-bond acceptors (Lipinski definition) is 4. The van der Waals surface area contributed by atoms with E-state index in [1.165, 1.54) is 11.1 Å². The second-order valence-corrected chi connectivity index (χ2v) is 7.94. The molecule has 0 atom stereocenters. The average Bonchev–Trinajstić information content (AvgIpc) is 3.21. The minimum absolute atomic E-state index is 0.0544. The first-order chi connectivity index (χ1) is 15.2. The Hall–Kier alpha value is -3.51. The fourth-order valence-electron chi connectivity index (χ4n) is 4.39. The third-order valence-corrected chi connectivity index (χ3v) is 6.02. The summed E-state index contributed by atoms with van der Waals surface area (Å²) < 4.78 is 1.89. The number of carbonyl (C=O) groups excluding carboxylic acids is 1. The highest BCUT2D eigenvalue weighted by atomic mass is 16.2. The summed E-state index contributed by atoms with van der Waals surface area (Å²) in [6, 6.07) is 25.1. The molecule has 3 heterocycles. The van der Waals surface area contributed by atoms with Gasteiger partial charge in [0.15, 0.2) is 5.65 Å². The maximum Gasteiger partial charge on any atom is 0.254 e. The van der Waals surface area contributed by atoms with Crippen molar-refractivity contribution in [1.29, 1.82) is 0 Å². The molecule has 0 bridgehead atoms. The van der Waals surface area contributed by atoms with Crippen LogP contribution in [0.2, 0.25) is 0 Å². The van der Waals surface area contributed by atoms with Gasteiger partial charge in [-0.1, -0.05) is 60.7 Å². The predicted octanol–water partition coefficient (Wildman–Crippen LogP) is 3.59. The molecule has 0 aliphatic carbocycles. The van der Waals surface area contributed by atoms with Crippen molar-refractivity contribution < 1.29 is 4.79 Å². The Morgan fingerprint density at radius 2 is 1.45 bits per heavy atom. The van der Waals surface area contributed by atoms with Gasteiger partial charge in [0.2, 0.25) is 0 Å². The van der Waals surface area contributed by atoms with Crippen LogP contribution in [0.1, 0.15) is 33.4 Å². The third kappa shape index (κ3) is 3.82. The average molecular weight is 412 g/mol. The molecule has 156 valence electrons. The van der Waals surface area contributed by atoms with Gasteiger partial charge in [-0.15, -0.1) is 10.2 Å². The van der Waals surface area contributed by atoms with E-state index in [-0.39, 0.29) is 11.9 Å². The lowest BCUT2D eigenvalue weighted by Crippen LogP contribution is -2.49. The molecule has 6 heteroatoms. The minimum atomic E-state index is 0.0544. The number of hydrogen-bond donors (Lipinski definition) is 0. The smallest absolute Gasteiger partial charge is 0.254 e. The quantitative estimate of drug-likeness (QED) is 0.515. The van der Waals surface area contributed by atoms with Crippen LogP contribution in [-0.4, -0.2) is 56.5 Å². The van der Waals surface area contributed by atoms with E-state index in [9.17, 15) is 4.79 Å². The summed E-state index contributed by atoms with van der Waals surface area (Å²) in [6.45, 7) is 4.95. The van der Waals surface area contributed by atoms with Gasteiger partial charge in [0, 0.05) is 37.9 Å². The van der Waals surface area contributed by atoms with Gasteiger partial charge < -0.3 is 4.90 Å². The largest absolute Gasteiger partial charge is 0.336 e. The molecule has 2 aromatic heterocycles. The van der Waals surface area contributed by atoms with Crippen LogP contribution >= 0.6 is 0 Å². The lowest BCUT2D eigenvalue weighted by Gasteiger charge is -2.39. The number of aromatic nitrogens is 3. The van der Waals surface area contributed by atoms with Crippen LogP contribution in [0.3, 0.4) is 0 Å². The second kappa shape index (κ2) is 8.32. The second-order valence-electron chi connectivity index (χ2n) is 7.94. The summed E-state index contributed by atoms with van der Waals surface area (Å²) in [4.78, 5) is 17.5. The monoisotopic (exact) mass is 411 g/mol. The number of benzene rings is 2. The number of amides is 1. The Morgan fingerprint density at radius 1 is 0.839 bits per heavy atom. The Kier molecular flexibility index (Phi) is 5.22. The summed E-state index contributed by atoms with van der Waals surface area (Å²) >= 11 is 0. The van der Waals surface area contributed by atoms with E-state index in [2.05, 4.69) is 75.8 Å². The zero-order valence-electron chi connectivity index (χ0n) is 17.6. The van der Waals surface area contributed by atoms with Crippen molar-refractivity contribution in [3.63, 3.8) is 0 Å². The van der Waals surface area contributed by atoms with E-state index in [1.807, 2.05) is 34.6 Å². The number of pyridine rings is 1. The van der Waals surface area contributed by atoms with Crippen LogP contribution in [0.5, 0.6) is 0 Å². The molecule has 1 amide bonds. The molecular formula is C25H25N5O. The highest BCUT2D eigenvalue weighted by Crippen LogP contribution is 2.29. The standard InChI is InChI=1S/C25H25N5O/c1-19-26-27-23-18-22(12-13-30(19)23)25(31)29-16-14-28(15-17-29)24(20-8-4-2-5-9-20)21-10-6-3-7-11-21/h2-13,18,24H,14-17H2,1H3. The fraction of sp³-hybridized carbons (Fsp3) is 0.240. The lowest BCUT2D eigenvalue weighted by atomic mass is 9.96. The Morgan fingerprint density at radius 3 is 2.06 bits per heavy atom. The lowest BCUT2D eigenvalue weighted by molar-refractivity contribution is 0.0597. The number of nitrogens with zero attached hydrogens (tertiary/aromatic N) is 5. The van der Waals surface area contributed by atoms with Crippen LogP contribution in [0.4, 0.5) is 0 Å². The fourth-order valence-corrected chi connectivity index (χ4v) is 4.39. The van der Waals surface area contributed by atoms with E-state index in [0.29, 0.717) is 24.3 Å². The molecule has 5 rings (SSSR count). The van der Waals surface area contributed by atoms with Crippen molar-refractivity contribution >= 4 is 11.6 Å². The Labute approximate surface area is 181 Å². The van der Waals surface area contributed by atoms with Gasteiger partial charge in [-0.3, -0.25) is 14.1 Å². The molecule has 0 N–H and O–H groups in total. The van der Waals surface area contributed by atoms with Gasteiger partial charge in [0.1, 0.15) is 5.82 Å². The summed E-state index contributed by atoms with van der Waals surface area (Å²) in [6.07, 6.45) is 1.87. The molecule has 0 radical (unpaired) electrons. The van der Waals surface area contributed by atoms with Crippen LogP contribution in [0, 0.1) is 6.92 Å². The van der Waals surface area contributed by atoms with Crippen LogP contribution < -0.4 is 0 Å². The first-order valence-corrected chi connectivity index (χ1v) is 10.7. The molecule has 6 nitrogen and oxygen atoms in total. The van der Waals surface area contributed by atoms with Crippen LogP contribution in [0.15, 0.2) is 79.0 Å². The summed E-state index contributed by atoms with van der Waals surface area (Å²) in [5.74, 6) is 0.870. The van der Waals surface area contributed by atoms with Crippen molar-refractivity contribution in [2.75, 3.05) is 26.2 Å². The number of piperazine rings is 1. The van der Waals surface area contributed by atoms with E-state index in [1.54, 1.807) is 0 Å². The van der Waals surface area contributed by atoms with Crippen molar-refractivity contribution in [3.05, 3.63) is 102 Å². The molecule has 0 saturated carbocycles. The number of rotatable bonds is 4. The number of aryl methyl sites for hydroxylation is 1. The maximum absolute atomic E-state index is 13.1. The Balaban J connectivity index is 1.33. The first-order valence-electron chi connectivity index (χ1n) is 10.7. The zero-order valence-corrected chi connectivity index (χ0v) is 17.6. The van der Waals surface area contributed by atoms with Gasteiger partial charge in [-0.2, -0.15) is 0 Å². The van der Waals surface area contributed by atoms with E-state index in [0.717, 1.165) is 18.9 Å². The molecule has 31 heavy (non-hydrogen) atoms. The van der Waals surface area contributed by atoms with Gasteiger partial charge in [0.05, 0.1) is 6.04 Å². The molecule has 1 fully saturated rings. The van der Waals surface area contributed by atoms with E-state index < -0.39 is 0 Å². The van der Waals surface area contributed by atoms with Crippen molar-refractivity contribution in [2.24, 2.45) is 0 Å². The first kappa shape index (κ1) is 19.5. The highest BCUT2D eigenvalue weighted by molar-refractivity contribution is 5.95. The van der Waals surface area contributed by atoms with Crippen molar-refractivity contribution in [3.8, 4) is 0 Å². The highest BCUT2D eigenvalue weighted by Gasteiger charge is 2.28. The Bertz CT molecular complexity index is 1140. The SMILES string of the molecule is Cc1nnc2cc(C(=O)N3CCN(C(c4ccccc4)c4ccccc4)CC3)ccn12. The van der Waals surface area contributed by atoms with Gasteiger partial charge in [0.25, 0.3) is 5.91 Å². The number of fused-ring (bicyclic) bond motifs is 1. The normalized spacial score (nSPS) is 15.0. The molecule has 1 aliphatic heterocycles. The summed E-state index contributed by atoms with van der Waals surface area (Å²) in [5, 5.41) is 8.22. The topological polar surface area (TPSA) is 53.7 Å². The maximum atomic E-state index is 13.1. The van der Waals surface area contributed by atoms with Gasteiger partial charge in [-0.25, -0.2) is 0 Å². The zero-order chi connectivity index (χ0) is 21.2.